The van der Waals surface area contributed by atoms with Crippen molar-refractivity contribution in [2.75, 3.05) is 13.1 Å². The van der Waals surface area contributed by atoms with Gasteiger partial charge in [0.2, 0.25) is 11.8 Å². The van der Waals surface area contributed by atoms with Crippen molar-refractivity contribution in [1.82, 2.24) is 10.2 Å². The maximum atomic E-state index is 12.2. The first kappa shape index (κ1) is 13.4. The Morgan fingerprint density at radius 2 is 1.94 bits per heavy atom. The van der Waals surface area contributed by atoms with Crippen molar-refractivity contribution in [3.63, 3.8) is 0 Å². The van der Waals surface area contributed by atoms with Crippen LogP contribution in [0.25, 0.3) is 0 Å². The number of amides is 2. The molecule has 102 valence electrons. The first-order valence-electron chi connectivity index (χ1n) is 7.29. The summed E-state index contributed by atoms with van der Waals surface area (Å²) in [4.78, 5) is 25.7. The van der Waals surface area contributed by atoms with Crippen LogP contribution in [0, 0.1) is 5.92 Å². The van der Waals surface area contributed by atoms with Gasteiger partial charge in [-0.05, 0) is 25.2 Å². The average Bonchev–Trinajstić information content (AvgIpc) is 2.36. The van der Waals surface area contributed by atoms with E-state index < -0.39 is 0 Å². The molecule has 2 aliphatic rings. The van der Waals surface area contributed by atoms with Crippen molar-refractivity contribution in [2.24, 2.45) is 5.92 Å². The molecular weight excluding hydrogens is 228 g/mol. The van der Waals surface area contributed by atoms with Crippen LogP contribution in [0.2, 0.25) is 0 Å². The molecule has 0 radical (unpaired) electrons. The Kier molecular flexibility index (Phi) is 4.61. The minimum absolute atomic E-state index is 0.00357. The van der Waals surface area contributed by atoms with Gasteiger partial charge in [0, 0.05) is 6.54 Å². The van der Waals surface area contributed by atoms with E-state index in [0.717, 1.165) is 19.4 Å². The van der Waals surface area contributed by atoms with Crippen molar-refractivity contribution in [3.8, 4) is 0 Å². The molecule has 4 heteroatoms. The van der Waals surface area contributed by atoms with E-state index in [9.17, 15) is 9.59 Å². The summed E-state index contributed by atoms with van der Waals surface area (Å²) in [6, 6.07) is -0.278. The average molecular weight is 252 g/mol. The van der Waals surface area contributed by atoms with E-state index in [0.29, 0.717) is 5.92 Å². The number of carbonyl (C=O) groups excluding carboxylic acids is 2. The highest BCUT2D eigenvalue weighted by Gasteiger charge is 2.33. The Balaban J connectivity index is 1.92. The molecule has 0 bridgehead atoms. The fourth-order valence-electron chi connectivity index (χ4n) is 3.09. The second kappa shape index (κ2) is 6.21. The molecule has 1 saturated carbocycles. The molecule has 0 aromatic carbocycles. The third kappa shape index (κ3) is 3.24. The third-order valence-electron chi connectivity index (χ3n) is 4.06. The molecule has 1 unspecified atom stereocenters. The summed E-state index contributed by atoms with van der Waals surface area (Å²) in [6.45, 7) is 3.08. The number of nitrogens with one attached hydrogen (secondary N) is 1. The van der Waals surface area contributed by atoms with Crippen molar-refractivity contribution in [3.05, 3.63) is 0 Å². The Morgan fingerprint density at radius 3 is 2.61 bits per heavy atom. The SMILES string of the molecule is CCCC1NC(=O)CN(CC2CCCCC2)C1=O. The van der Waals surface area contributed by atoms with E-state index in [4.69, 9.17) is 0 Å². The second-order valence-corrected chi connectivity index (χ2v) is 5.63. The Bertz CT molecular complexity index is 311. The van der Waals surface area contributed by atoms with Crippen molar-refractivity contribution >= 4 is 11.8 Å². The lowest BCUT2D eigenvalue weighted by atomic mass is 9.88. The highest BCUT2D eigenvalue weighted by molar-refractivity contribution is 5.94. The van der Waals surface area contributed by atoms with Crippen LogP contribution in [0.15, 0.2) is 0 Å². The van der Waals surface area contributed by atoms with E-state index in [1.807, 2.05) is 6.92 Å². The van der Waals surface area contributed by atoms with Crippen LogP contribution in [0.1, 0.15) is 51.9 Å². The summed E-state index contributed by atoms with van der Waals surface area (Å²) in [5, 5.41) is 2.80. The van der Waals surface area contributed by atoms with Crippen LogP contribution in [0.3, 0.4) is 0 Å². The number of hydrogen-bond donors (Lipinski definition) is 1. The minimum atomic E-state index is -0.278. The lowest BCUT2D eigenvalue weighted by molar-refractivity contribution is -0.145. The van der Waals surface area contributed by atoms with Gasteiger partial charge in [-0.3, -0.25) is 9.59 Å². The summed E-state index contributed by atoms with van der Waals surface area (Å²) in [6.07, 6.45) is 7.98. The van der Waals surface area contributed by atoms with E-state index >= 15 is 0 Å². The van der Waals surface area contributed by atoms with Gasteiger partial charge in [-0.25, -0.2) is 0 Å². The van der Waals surface area contributed by atoms with Crippen LogP contribution in [0.4, 0.5) is 0 Å². The predicted octanol–water partition coefficient (Wildman–Crippen LogP) is 1.69. The fourth-order valence-corrected chi connectivity index (χ4v) is 3.09. The van der Waals surface area contributed by atoms with Crippen LogP contribution in [-0.2, 0) is 9.59 Å². The van der Waals surface area contributed by atoms with E-state index in [1.165, 1.54) is 32.1 Å². The molecule has 1 saturated heterocycles. The lowest BCUT2D eigenvalue weighted by Crippen LogP contribution is -2.58. The first-order valence-corrected chi connectivity index (χ1v) is 7.29. The molecule has 1 aliphatic carbocycles. The van der Waals surface area contributed by atoms with Crippen LogP contribution in [0.5, 0.6) is 0 Å². The summed E-state index contributed by atoms with van der Waals surface area (Å²) in [5.41, 5.74) is 0. The second-order valence-electron chi connectivity index (χ2n) is 5.63. The first-order chi connectivity index (χ1) is 8.70. The highest BCUT2D eigenvalue weighted by atomic mass is 16.2. The third-order valence-corrected chi connectivity index (χ3v) is 4.06. The van der Waals surface area contributed by atoms with Gasteiger partial charge in [0.15, 0.2) is 0 Å². The molecule has 2 rings (SSSR count). The van der Waals surface area contributed by atoms with Gasteiger partial charge >= 0.3 is 0 Å². The van der Waals surface area contributed by atoms with Gasteiger partial charge in [-0.2, -0.15) is 0 Å². The zero-order valence-corrected chi connectivity index (χ0v) is 11.3. The van der Waals surface area contributed by atoms with Gasteiger partial charge in [0.25, 0.3) is 0 Å². The van der Waals surface area contributed by atoms with E-state index in [1.54, 1.807) is 4.90 Å². The van der Waals surface area contributed by atoms with Crippen molar-refractivity contribution in [1.29, 1.82) is 0 Å². The van der Waals surface area contributed by atoms with Crippen molar-refractivity contribution in [2.45, 2.75) is 57.9 Å². The number of hydrogen-bond acceptors (Lipinski definition) is 2. The van der Waals surface area contributed by atoms with Crippen LogP contribution in [-0.4, -0.2) is 35.8 Å². The predicted molar refractivity (Wildman–Crippen MR) is 70.0 cm³/mol. The standard InChI is InChI=1S/C14H24N2O2/c1-2-6-12-14(18)16(10-13(17)15-12)9-11-7-4-3-5-8-11/h11-12H,2-10H2,1H3,(H,15,17). The molecule has 4 nitrogen and oxygen atoms in total. The normalized spacial score (nSPS) is 26.3. The van der Waals surface area contributed by atoms with Gasteiger partial charge in [-0.1, -0.05) is 32.6 Å². The number of piperazine rings is 1. The highest BCUT2D eigenvalue weighted by Crippen LogP contribution is 2.25. The summed E-state index contributed by atoms with van der Waals surface area (Å²) >= 11 is 0. The zero-order valence-electron chi connectivity index (χ0n) is 11.3. The zero-order chi connectivity index (χ0) is 13.0. The van der Waals surface area contributed by atoms with Crippen LogP contribution < -0.4 is 5.32 Å². The van der Waals surface area contributed by atoms with Crippen molar-refractivity contribution < 1.29 is 9.59 Å². The molecular formula is C14H24N2O2. The molecule has 1 aliphatic heterocycles. The molecule has 1 atom stereocenters. The fraction of sp³-hybridized carbons (Fsp3) is 0.857. The van der Waals surface area contributed by atoms with Gasteiger partial charge in [0.05, 0.1) is 6.54 Å². The molecule has 2 fully saturated rings. The number of rotatable bonds is 4. The number of nitrogens with zero attached hydrogens (tertiary/aromatic N) is 1. The Morgan fingerprint density at radius 1 is 1.22 bits per heavy atom. The quantitative estimate of drug-likeness (QED) is 0.828. The Labute approximate surface area is 109 Å². The largest absolute Gasteiger partial charge is 0.343 e. The monoisotopic (exact) mass is 252 g/mol. The smallest absolute Gasteiger partial charge is 0.245 e. The minimum Gasteiger partial charge on any atom is -0.343 e. The van der Waals surface area contributed by atoms with Gasteiger partial charge in [0.1, 0.15) is 6.04 Å². The van der Waals surface area contributed by atoms with Gasteiger partial charge < -0.3 is 10.2 Å². The molecule has 0 aromatic heterocycles. The number of carbonyl (C=O) groups is 2. The molecule has 1 N–H and O–H groups in total. The molecule has 18 heavy (non-hydrogen) atoms. The summed E-state index contributed by atoms with van der Waals surface area (Å²) < 4.78 is 0. The summed E-state index contributed by atoms with van der Waals surface area (Å²) in [7, 11) is 0. The molecule has 0 spiro atoms. The molecule has 1 heterocycles. The maximum absolute atomic E-state index is 12.2. The lowest BCUT2D eigenvalue weighted by Gasteiger charge is -2.35. The Hall–Kier alpha value is -1.06. The van der Waals surface area contributed by atoms with Crippen LogP contribution >= 0.6 is 0 Å². The molecule has 2 amide bonds. The van der Waals surface area contributed by atoms with E-state index in [-0.39, 0.29) is 24.4 Å². The molecule has 0 aromatic rings. The van der Waals surface area contributed by atoms with E-state index in [2.05, 4.69) is 5.32 Å². The topological polar surface area (TPSA) is 49.4 Å². The maximum Gasteiger partial charge on any atom is 0.245 e. The van der Waals surface area contributed by atoms with Gasteiger partial charge in [-0.15, -0.1) is 0 Å². The summed E-state index contributed by atoms with van der Waals surface area (Å²) in [5.74, 6) is 0.738.